The highest BCUT2D eigenvalue weighted by Gasteiger charge is 2.20. The zero-order valence-electron chi connectivity index (χ0n) is 11.5. The van der Waals surface area contributed by atoms with E-state index in [9.17, 15) is 12.8 Å². The zero-order chi connectivity index (χ0) is 15.3. The van der Waals surface area contributed by atoms with Crippen molar-refractivity contribution in [3.63, 3.8) is 0 Å². The van der Waals surface area contributed by atoms with Gasteiger partial charge in [0.2, 0.25) is 0 Å². The van der Waals surface area contributed by atoms with Gasteiger partial charge in [0.15, 0.2) is 0 Å². The van der Waals surface area contributed by atoms with Gasteiger partial charge >= 0.3 is 0 Å². The fourth-order valence-corrected chi connectivity index (χ4v) is 2.94. The van der Waals surface area contributed by atoms with Gasteiger partial charge in [-0.1, -0.05) is 19.1 Å². The molecule has 0 radical (unpaired) electrons. The van der Waals surface area contributed by atoms with Crippen molar-refractivity contribution in [1.82, 2.24) is 4.98 Å². The van der Waals surface area contributed by atoms with Crippen LogP contribution >= 0.6 is 0 Å². The summed E-state index contributed by atoms with van der Waals surface area (Å²) in [6.07, 6.45) is 3.59. The van der Waals surface area contributed by atoms with Crippen LogP contribution in [0.5, 0.6) is 0 Å². The predicted molar refractivity (Wildman–Crippen MR) is 80.2 cm³/mol. The van der Waals surface area contributed by atoms with Gasteiger partial charge in [-0.15, -0.1) is 0 Å². The molecule has 1 aromatic heterocycles. The quantitative estimate of drug-likeness (QED) is 0.861. The molecule has 112 valence electrons. The molecular formula is C14H16FN3O2S. The van der Waals surface area contributed by atoms with E-state index in [1.807, 2.05) is 6.92 Å². The average Bonchev–Trinajstić information content (AvgIpc) is 2.47. The predicted octanol–water partition coefficient (Wildman–Crippen LogP) is 2.84. The lowest BCUT2D eigenvalue weighted by atomic mass is 10.3. The molecule has 0 unspecified atom stereocenters. The maximum Gasteiger partial charge on any atom is 0.265 e. The first-order valence-electron chi connectivity index (χ1n) is 6.50. The molecule has 5 nitrogen and oxygen atoms in total. The Morgan fingerprint density at radius 1 is 1.19 bits per heavy atom. The highest BCUT2D eigenvalue weighted by atomic mass is 32.2. The van der Waals surface area contributed by atoms with Crippen LogP contribution in [0.3, 0.4) is 0 Å². The Bertz CT molecular complexity index is 720. The molecule has 21 heavy (non-hydrogen) atoms. The Labute approximate surface area is 123 Å². The van der Waals surface area contributed by atoms with Crippen LogP contribution in [0.4, 0.5) is 15.8 Å². The Hall–Kier alpha value is -2.15. The van der Waals surface area contributed by atoms with Crippen LogP contribution in [0.15, 0.2) is 47.6 Å². The molecule has 0 aliphatic rings. The molecule has 2 rings (SSSR count). The van der Waals surface area contributed by atoms with Gasteiger partial charge in [0, 0.05) is 18.9 Å². The SMILES string of the molecule is CCCNc1ccncc1S(=O)(=O)Nc1ccccc1F. The molecule has 0 atom stereocenters. The maximum atomic E-state index is 13.6. The molecule has 0 saturated carbocycles. The molecule has 0 spiro atoms. The Kier molecular flexibility index (Phi) is 4.74. The van der Waals surface area contributed by atoms with Crippen LogP contribution < -0.4 is 10.0 Å². The third-order valence-electron chi connectivity index (χ3n) is 2.76. The van der Waals surface area contributed by atoms with E-state index in [2.05, 4.69) is 15.0 Å². The van der Waals surface area contributed by atoms with Crippen LogP contribution in [0, 0.1) is 5.82 Å². The molecule has 2 aromatic rings. The lowest BCUT2D eigenvalue weighted by Crippen LogP contribution is -2.16. The number of hydrogen-bond acceptors (Lipinski definition) is 4. The largest absolute Gasteiger partial charge is 0.384 e. The monoisotopic (exact) mass is 309 g/mol. The number of para-hydroxylation sites is 1. The number of nitrogens with one attached hydrogen (secondary N) is 2. The lowest BCUT2D eigenvalue weighted by Gasteiger charge is -2.13. The van der Waals surface area contributed by atoms with Gasteiger partial charge < -0.3 is 5.32 Å². The number of hydrogen-bond donors (Lipinski definition) is 2. The maximum absolute atomic E-state index is 13.6. The number of aromatic nitrogens is 1. The summed E-state index contributed by atoms with van der Waals surface area (Å²) < 4.78 is 40.6. The van der Waals surface area contributed by atoms with Crippen LogP contribution in [-0.4, -0.2) is 19.9 Å². The summed E-state index contributed by atoms with van der Waals surface area (Å²) in [5.41, 5.74) is 0.346. The number of pyridine rings is 1. The highest BCUT2D eigenvalue weighted by Crippen LogP contribution is 2.23. The smallest absolute Gasteiger partial charge is 0.265 e. The van der Waals surface area contributed by atoms with Crippen molar-refractivity contribution in [2.24, 2.45) is 0 Å². The molecule has 1 aromatic carbocycles. The van der Waals surface area contributed by atoms with Crippen molar-refractivity contribution < 1.29 is 12.8 Å². The molecule has 0 aliphatic heterocycles. The van der Waals surface area contributed by atoms with Crippen molar-refractivity contribution in [3.05, 3.63) is 48.5 Å². The number of rotatable bonds is 6. The summed E-state index contributed by atoms with van der Waals surface area (Å²) in [6, 6.07) is 7.18. The summed E-state index contributed by atoms with van der Waals surface area (Å²) in [5, 5.41) is 3.02. The average molecular weight is 309 g/mol. The molecule has 2 N–H and O–H groups in total. The second-order valence-corrected chi connectivity index (χ2v) is 6.03. The van der Waals surface area contributed by atoms with E-state index in [1.54, 1.807) is 12.1 Å². The van der Waals surface area contributed by atoms with Crippen molar-refractivity contribution in [2.45, 2.75) is 18.2 Å². The first-order valence-corrected chi connectivity index (χ1v) is 7.98. The fourth-order valence-electron chi connectivity index (χ4n) is 1.74. The van der Waals surface area contributed by atoms with Crippen molar-refractivity contribution in [2.75, 3.05) is 16.6 Å². The fraction of sp³-hybridized carbons (Fsp3) is 0.214. The summed E-state index contributed by atoms with van der Waals surface area (Å²) >= 11 is 0. The van der Waals surface area contributed by atoms with Gasteiger partial charge in [-0.2, -0.15) is 0 Å². The number of nitrogens with zero attached hydrogens (tertiary/aromatic N) is 1. The third-order valence-corrected chi connectivity index (χ3v) is 4.15. The molecular weight excluding hydrogens is 293 g/mol. The topological polar surface area (TPSA) is 71.1 Å². The number of sulfonamides is 1. The van der Waals surface area contributed by atoms with Crippen molar-refractivity contribution in [1.29, 1.82) is 0 Å². The van der Waals surface area contributed by atoms with Crippen LogP contribution in [0.25, 0.3) is 0 Å². The molecule has 1 heterocycles. The Morgan fingerprint density at radius 2 is 1.95 bits per heavy atom. The Balaban J connectivity index is 2.34. The minimum atomic E-state index is -3.91. The van der Waals surface area contributed by atoms with E-state index in [0.717, 1.165) is 6.42 Å². The minimum Gasteiger partial charge on any atom is -0.384 e. The van der Waals surface area contributed by atoms with E-state index in [-0.39, 0.29) is 10.6 Å². The van der Waals surface area contributed by atoms with Gasteiger partial charge in [-0.3, -0.25) is 9.71 Å². The summed E-state index contributed by atoms with van der Waals surface area (Å²) in [5.74, 6) is -0.631. The Morgan fingerprint density at radius 3 is 2.67 bits per heavy atom. The van der Waals surface area contributed by atoms with E-state index < -0.39 is 15.8 Å². The second-order valence-electron chi connectivity index (χ2n) is 4.38. The summed E-state index contributed by atoms with van der Waals surface area (Å²) in [7, 11) is -3.91. The van der Waals surface area contributed by atoms with Crippen LogP contribution in [0.1, 0.15) is 13.3 Å². The molecule has 7 heteroatoms. The minimum absolute atomic E-state index is 0.0123. The second kappa shape index (κ2) is 6.53. The molecule has 0 saturated heterocycles. The van der Waals surface area contributed by atoms with E-state index in [1.165, 1.54) is 30.6 Å². The zero-order valence-corrected chi connectivity index (χ0v) is 12.3. The van der Waals surface area contributed by atoms with Crippen molar-refractivity contribution in [3.8, 4) is 0 Å². The third kappa shape index (κ3) is 3.69. The van der Waals surface area contributed by atoms with Crippen LogP contribution in [-0.2, 0) is 10.0 Å². The van der Waals surface area contributed by atoms with Crippen molar-refractivity contribution >= 4 is 21.4 Å². The molecule has 0 fully saturated rings. The van der Waals surface area contributed by atoms with Crippen LogP contribution in [0.2, 0.25) is 0 Å². The first-order chi connectivity index (χ1) is 10.0. The highest BCUT2D eigenvalue weighted by molar-refractivity contribution is 7.92. The van der Waals surface area contributed by atoms with Gasteiger partial charge in [-0.05, 0) is 24.6 Å². The normalized spacial score (nSPS) is 11.1. The number of halogens is 1. The van der Waals surface area contributed by atoms with Gasteiger partial charge in [-0.25, -0.2) is 12.8 Å². The molecule has 0 aliphatic carbocycles. The summed E-state index contributed by atoms with van der Waals surface area (Å²) in [6.45, 7) is 2.60. The number of benzene rings is 1. The molecule has 0 bridgehead atoms. The summed E-state index contributed by atoms with van der Waals surface area (Å²) in [4.78, 5) is 3.82. The van der Waals surface area contributed by atoms with E-state index in [0.29, 0.717) is 12.2 Å². The first kappa shape index (κ1) is 15.2. The van der Waals surface area contributed by atoms with E-state index in [4.69, 9.17) is 0 Å². The lowest BCUT2D eigenvalue weighted by molar-refractivity contribution is 0.598. The van der Waals surface area contributed by atoms with E-state index >= 15 is 0 Å². The molecule has 0 amide bonds. The van der Waals surface area contributed by atoms with Gasteiger partial charge in [0.25, 0.3) is 10.0 Å². The van der Waals surface area contributed by atoms with Gasteiger partial charge in [0.05, 0.1) is 11.4 Å². The number of anilines is 2. The van der Waals surface area contributed by atoms with Gasteiger partial charge in [0.1, 0.15) is 10.7 Å². The standard InChI is InChI=1S/C14H16FN3O2S/c1-2-8-17-13-7-9-16-10-14(13)21(19,20)18-12-6-4-3-5-11(12)15/h3-7,9-10,18H,2,8H2,1H3,(H,16,17).